The van der Waals surface area contributed by atoms with Gasteiger partial charge in [0, 0.05) is 5.56 Å². The summed E-state index contributed by atoms with van der Waals surface area (Å²) < 4.78 is 27.7. The van der Waals surface area contributed by atoms with Crippen molar-refractivity contribution in [3.05, 3.63) is 70.3 Å². The van der Waals surface area contributed by atoms with E-state index in [1.807, 2.05) is 13.0 Å². The van der Waals surface area contributed by atoms with Crippen LogP contribution in [0.15, 0.2) is 36.4 Å². The summed E-state index contributed by atoms with van der Waals surface area (Å²) in [5, 5.41) is 3.35. The number of nitrogens with one attached hydrogen (secondary N) is 1. The maximum atomic E-state index is 14.2. The lowest BCUT2D eigenvalue weighted by Crippen LogP contribution is -2.24. The van der Waals surface area contributed by atoms with Gasteiger partial charge in [0.1, 0.15) is 11.6 Å². The fourth-order valence-electron chi connectivity index (χ4n) is 2.43. The fourth-order valence-corrected chi connectivity index (χ4v) is 2.43. The van der Waals surface area contributed by atoms with Gasteiger partial charge in [-0.2, -0.15) is 0 Å². The Bertz CT molecular complexity index is 623. The second-order valence-electron chi connectivity index (χ2n) is 5.42. The van der Waals surface area contributed by atoms with Crippen LogP contribution >= 0.6 is 0 Å². The lowest BCUT2D eigenvalue weighted by Gasteiger charge is -2.21. The maximum Gasteiger partial charge on any atom is 0.128 e. The predicted octanol–water partition coefficient (Wildman–Crippen LogP) is 4.67. The molecule has 0 radical (unpaired) electrons. The van der Waals surface area contributed by atoms with E-state index in [9.17, 15) is 8.78 Å². The van der Waals surface area contributed by atoms with Crippen LogP contribution in [0.1, 0.15) is 41.6 Å². The van der Waals surface area contributed by atoms with Crippen LogP contribution in [0.3, 0.4) is 0 Å². The van der Waals surface area contributed by atoms with E-state index in [4.69, 9.17) is 0 Å². The molecule has 0 fully saturated rings. The largest absolute Gasteiger partial charge is 0.306 e. The molecule has 0 aliphatic rings. The smallest absolute Gasteiger partial charge is 0.128 e. The van der Waals surface area contributed by atoms with Crippen molar-refractivity contribution >= 4 is 0 Å². The SMILES string of the molecule is CCCNC(c1ccc(F)c(C)c1)c1cc(C)ccc1F. The first-order valence-electron chi connectivity index (χ1n) is 7.28. The van der Waals surface area contributed by atoms with Gasteiger partial charge in [0.2, 0.25) is 0 Å². The molecule has 0 saturated carbocycles. The molecule has 0 aromatic heterocycles. The lowest BCUT2D eigenvalue weighted by molar-refractivity contribution is 0.544. The van der Waals surface area contributed by atoms with Crippen LogP contribution in [0.25, 0.3) is 0 Å². The Morgan fingerprint density at radius 3 is 2.38 bits per heavy atom. The number of benzene rings is 2. The number of halogens is 2. The summed E-state index contributed by atoms with van der Waals surface area (Å²) in [6.45, 7) is 6.50. The van der Waals surface area contributed by atoms with Gasteiger partial charge in [-0.3, -0.25) is 0 Å². The second-order valence-corrected chi connectivity index (χ2v) is 5.42. The van der Waals surface area contributed by atoms with Crippen molar-refractivity contribution in [2.45, 2.75) is 33.2 Å². The standard InChI is InChI=1S/C18H21F2N/c1-4-9-21-18(14-6-8-16(19)13(3)11-14)15-10-12(2)5-7-17(15)20/h5-8,10-11,18,21H,4,9H2,1-3H3. The highest BCUT2D eigenvalue weighted by atomic mass is 19.1. The van der Waals surface area contributed by atoms with Gasteiger partial charge in [-0.15, -0.1) is 0 Å². The van der Waals surface area contributed by atoms with E-state index < -0.39 is 0 Å². The molecular weight excluding hydrogens is 268 g/mol. The monoisotopic (exact) mass is 289 g/mol. The summed E-state index contributed by atoms with van der Waals surface area (Å²) in [6.07, 6.45) is 0.949. The minimum Gasteiger partial charge on any atom is -0.306 e. The number of hydrogen-bond acceptors (Lipinski definition) is 1. The Kier molecular flexibility index (Phi) is 5.07. The van der Waals surface area contributed by atoms with Gasteiger partial charge >= 0.3 is 0 Å². The van der Waals surface area contributed by atoms with Crippen LogP contribution in [0, 0.1) is 25.5 Å². The third-order valence-corrected chi connectivity index (χ3v) is 3.58. The van der Waals surface area contributed by atoms with Crippen LogP contribution in [-0.4, -0.2) is 6.54 Å². The summed E-state index contributed by atoms with van der Waals surface area (Å²) in [4.78, 5) is 0. The van der Waals surface area contributed by atoms with Crippen molar-refractivity contribution in [3.8, 4) is 0 Å². The summed E-state index contributed by atoms with van der Waals surface area (Å²) in [7, 11) is 0. The molecule has 2 aromatic rings. The van der Waals surface area contributed by atoms with Gasteiger partial charge in [-0.25, -0.2) is 8.78 Å². The topological polar surface area (TPSA) is 12.0 Å². The van der Waals surface area contributed by atoms with Gasteiger partial charge in [-0.05, 0) is 50.1 Å². The maximum absolute atomic E-state index is 14.2. The second kappa shape index (κ2) is 6.81. The van der Waals surface area contributed by atoms with Crippen molar-refractivity contribution in [1.82, 2.24) is 5.32 Å². The van der Waals surface area contributed by atoms with E-state index in [0.717, 1.165) is 24.1 Å². The van der Waals surface area contributed by atoms with Crippen molar-refractivity contribution in [3.63, 3.8) is 0 Å². The van der Waals surface area contributed by atoms with Crippen LogP contribution in [-0.2, 0) is 0 Å². The predicted molar refractivity (Wildman–Crippen MR) is 82.4 cm³/mol. The first-order valence-corrected chi connectivity index (χ1v) is 7.28. The molecule has 0 aliphatic heterocycles. The van der Waals surface area contributed by atoms with Crippen LogP contribution in [0.2, 0.25) is 0 Å². The molecule has 3 heteroatoms. The zero-order valence-electron chi connectivity index (χ0n) is 12.7. The molecule has 112 valence electrons. The lowest BCUT2D eigenvalue weighted by atomic mass is 9.95. The average molecular weight is 289 g/mol. The van der Waals surface area contributed by atoms with Crippen LogP contribution < -0.4 is 5.32 Å². The number of rotatable bonds is 5. The van der Waals surface area contributed by atoms with Crippen molar-refractivity contribution in [1.29, 1.82) is 0 Å². The Hall–Kier alpha value is -1.74. The zero-order chi connectivity index (χ0) is 15.4. The Morgan fingerprint density at radius 2 is 1.71 bits per heavy atom. The molecular formula is C18H21F2N. The Morgan fingerprint density at radius 1 is 1.00 bits per heavy atom. The van der Waals surface area contributed by atoms with Gasteiger partial charge in [0.05, 0.1) is 6.04 Å². The number of aryl methyl sites for hydroxylation is 2. The van der Waals surface area contributed by atoms with Crippen molar-refractivity contribution in [2.24, 2.45) is 0 Å². The molecule has 0 amide bonds. The molecule has 2 aromatic carbocycles. The summed E-state index contributed by atoms with van der Waals surface area (Å²) >= 11 is 0. The molecule has 21 heavy (non-hydrogen) atoms. The van der Waals surface area contributed by atoms with E-state index in [1.165, 1.54) is 12.1 Å². The highest BCUT2D eigenvalue weighted by molar-refractivity contribution is 5.37. The minimum absolute atomic E-state index is 0.238. The molecule has 1 unspecified atom stereocenters. The zero-order valence-corrected chi connectivity index (χ0v) is 12.7. The van der Waals surface area contributed by atoms with E-state index >= 15 is 0 Å². The summed E-state index contributed by atoms with van der Waals surface area (Å²) in [5.41, 5.74) is 3.07. The van der Waals surface area contributed by atoms with E-state index in [-0.39, 0.29) is 17.7 Å². The van der Waals surface area contributed by atoms with Crippen LogP contribution in [0.4, 0.5) is 8.78 Å². The third-order valence-electron chi connectivity index (χ3n) is 3.58. The van der Waals surface area contributed by atoms with E-state index in [1.54, 1.807) is 25.1 Å². The molecule has 0 heterocycles. The van der Waals surface area contributed by atoms with Gasteiger partial charge in [-0.1, -0.05) is 36.8 Å². The highest BCUT2D eigenvalue weighted by Crippen LogP contribution is 2.26. The van der Waals surface area contributed by atoms with Gasteiger partial charge < -0.3 is 5.32 Å². The molecule has 1 nitrogen and oxygen atoms in total. The Labute approximate surface area is 125 Å². The van der Waals surface area contributed by atoms with Gasteiger partial charge in [0.25, 0.3) is 0 Å². The minimum atomic E-state index is -0.260. The van der Waals surface area contributed by atoms with E-state index in [0.29, 0.717) is 11.1 Å². The molecule has 1 N–H and O–H groups in total. The average Bonchev–Trinajstić information content (AvgIpc) is 2.46. The molecule has 1 atom stereocenters. The molecule has 0 bridgehead atoms. The van der Waals surface area contributed by atoms with Crippen molar-refractivity contribution < 1.29 is 8.78 Å². The first kappa shape index (κ1) is 15.6. The van der Waals surface area contributed by atoms with Crippen LogP contribution in [0.5, 0.6) is 0 Å². The highest BCUT2D eigenvalue weighted by Gasteiger charge is 2.18. The first-order chi connectivity index (χ1) is 10.0. The normalized spacial score (nSPS) is 12.4. The molecule has 0 aliphatic carbocycles. The fraction of sp³-hybridized carbons (Fsp3) is 0.333. The third kappa shape index (κ3) is 3.67. The van der Waals surface area contributed by atoms with Gasteiger partial charge in [0.15, 0.2) is 0 Å². The van der Waals surface area contributed by atoms with E-state index in [2.05, 4.69) is 12.2 Å². The molecule has 2 rings (SSSR count). The van der Waals surface area contributed by atoms with Crippen molar-refractivity contribution in [2.75, 3.05) is 6.54 Å². The quantitative estimate of drug-likeness (QED) is 0.843. The number of hydrogen-bond donors (Lipinski definition) is 1. The summed E-state index contributed by atoms with van der Waals surface area (Å²) in [5.74, 6) is -0.478. The summed E-state index contributed by atoms with van der Waals surface area (Å²) in [6, 6.07) is 9.78. The molecule has 0 spiro atoms. The Balaban J connectivity index is 2.46. The molecule has 0 saturated heterocycles.